The van der Waals surface area contributed by atoms with Gasteiger partial charge in [-0.3, -0.25) is 4.79 Å². The van der Waals surface area contributed by atoms with Crippen molar-refractivity contribution >= 4 is 11.6 Å². The molecule has 386 valence electrons. The van der Waals surface area contributed by atoms with Gasteiger partial charge in [0.15, 0.2) is 0 Å². The number of aromatic nitrogens is 4. The maximum absolute atomic E-state index is 18.9. The lowest BCUT2D eigenvalue weighted by Gasteiger charge is -2.58. The molecule has 0 spiro atoms. The molecule has 2 aromatic heterocycles. The molecule has 7 nitrogen and oxygen atoms in total. The molecule has 1 aliphatic heterocycles. The monoisotopic (exact) mass is 1030 g/mol. The molecule has 5 aliphatic rings. The zero-order valence-corrected chi connectivity index (χ0v) is 44.2. The molecule has 8 aromatic carbocycles. The molecule has 79 heavy (non-hydrogen) atoms. The van der Waals surface area contributed by atoms with Gasteiger partial charge in [-0.1, -0.05) is 206 Å². The number of fused-ring (bicyclic) bond motifs is 1. The second-order valence-electron chi connectivity index (χ2n) is 23.3. The topological polar surface area (TPSA) is 101 Å². The maximum Gasteiger partial charge on any atom is 0.239 e. The van der Waals surface area contributed by atoms with Crippen LogP contribution in [0.4, 0.5) is 5.69 Å². The highest BCUT2D eigenvalue weighted by Crippen LogP contribution is 2.71. The number of benzene rings is 8. The second kappa shape index (κ2) is 19.6. The van der Waals surface area contributed by atoms with Gasteiger partial charge in [-0.15, -0.1) is 0 Å². The summed E-state index contributed by atoms with van der Waals surface area (Å²) in [6.45, 7) is 0.603. The van der Waals surface area contributed by atoms with Crippen LogP contribution in [-0.2, 0) is 21.0 Å². The fraction of sp³-hybridized carbons (Fsp3) is 0.222. The molecule has 1 amide bonds. The van der Waals surface area contributed by atoms with Crippen molar-refractivity contribution in [3.05, 3.63) is 305 Å². The van der Waals surface area contributed by atoms with Crippen molar-refractivity contribution in [2.24, 2.45) is 23.2 Å². The van der Waals surface area contributed by atoms with Gasteiger partial charge in [0.2, 0.25) is 5.91 Å². The summed E-state index contributed by atoms with van der Waals surface area (Å²) < 4.78 is 0. The number of imidazole rings is 2. The lowest BCUT2D eigenvalue weighted by atomic mass is 9.43. The van der Waals surface area contributed by atoms with Crippen molar-refractivity contribution in [1.82, 2.24) is 19.9 Å². The average Bonchev–Trinajstić information content (AvgIpc) is 4.43. The molecule has 4 saturated carbocycles. The van der Waals surface area contributed by atoms with Crippen LogP contribution >= 0.6 is 0 Å². The van der Waals surface area contributed by atoms with Gasteiger partial charge in [0, 0.05) is 36.5 Å². The zero-order valence-electron chi connectivity index (χ0n) is 44.2. The minimum Gasteiger partial charge on any atom is -0.351 e. The summed E-state index contributed by atoms with van der Waals surface area (Å²) in [4.78, 5) is 39.3. The Morgan fingerprint density at radius 1 is 0.506 bits per heavy atom. The van der Waals surface area contributed by atoms with E-state index >= 15 is 4.79 Å². The van der Waals surface area contributed by atoms with Gasteiger partial charge < -0.3 is 14.9 Å². The highest BCUT2D eigenvalue weighted by molar-refractivity contribution is 6.11. The van der Waals surface area contributed by atoms with E-state index in [9.17, 15) is 5.26 Å². The SMILES string of the molecule is N#Cc1ccc(-c2ccc3c(c2)N(CC24CC5CC(CC(C5)C2)C4)C(=O)C3(C(c2c[nH]cn2)C(c2ccccc2)(c2ccccc2)c2ccccc2)C(c2c[nH]cn2)C(c2ccccc2)(c2ccccc2)c2ccccc2)cc1. The van der Waals surface area contributed by atoms with E-state index in [1.807, 2.05) is 24.3 Å². The van der Waals surface area contributed by atoms with Gasteiger partial charge in [-0.25, -0.2) is 9.97 Å². The summed E-state index contributed by atoms with van der Waals surface area (Å²) in [6.07, 6.45) is 15.0. The van der Waals surface area contributed by atoms with Crippen molar-refractivity contribution < 1.29 is 4.79 Å². The molecule has 7 heteroatoms. The highest BCUT2D eigenvalue weighted by Gasteiger charge is 2.72. The van der Waals surface area contributed by atoms with E-state index in [1.54, 1.807) is 12.7 Å². The summed E-state index contributed by atoms with van der Waals surface area (Å²) >= 11 is 0. The predicted molar refractivity (Wildman–Crippen MR) is 312 cm³/mol. The van der Waals surface area contributed by atoms with Crippen LogP contribution in [0.15, 0.2) is 250 Å². The molecule has 4 aliphatic carbocycles. The number of carbonyl (C=O) groups excluding carboxylic acids is 1. The summed E-state index contributed by atoms with van der Waals surface area (Å²) in [7, 11) is 0. The molecular formula is C72H62N6O. The van der Waals surface area contributed by atoms with Gasteiger partial charge in [-0.05, 0) is 130 Å². The van der Waals surface area contributed by atoms with E-state index in [-0.39, 0.29) is 11.3 Å². The summed E-state index contributed by atoms with van der Waals surface area (Å²) in [5.41, 5.74) is 8.29. The van der Waals surface area contributed by atoms with Crippen LogP contribution in [0.3, 0.4) is 0 Å². The van der Waals surface area contributed by atoms with E-state index in [1.165, 1.54) is 19.3 Å². The molecule has 15 rings (SSSR count). The molecule has 2 unspecified atom stereocenters. The Hall–Kier alpha value is -8.86. The number of rotatable bonds is 15. The number of carbonyl (C=O) groups is 1. The van der Waals surface area contributed by atoms with E-state index in [2.05, 4.69) is 234 Å². The quantitative estimate of drug-likeness (QED) is 0.0999. The summed E-state index contributed by atoms with van der Waals surface area (Å²) in [5.74, 6) is 0.449. The number of nitriles is 1. The number of anilines is 1. The van der Waals surface area contributed by atoms with Crippen molar-refractivity contribution in [2.45, 2.75) is 66.6 Å². The molecule has 10 aromatic rings. The Kier molecular flexibility index (Phi) is 12.0. The summed E-state index contributed by atoms with van der Waals surface area (Å²) in [5, 5.41) is 9.97. The first-order valence-electron chi connectivity index (χ1n) is 28.2. The normalized spacial score (nSPS) is 22.0. The second-order valence-corrected chi connectivity index (χ2v) is 23.3. The third kappa shape index (κ3) is 7.63. The third-order valence-corrected chi connectivity index (χ3v) is 19.1. The fourth-order valence-corrected chi connectivity index (χ4v) is 16.8. The van der Waals surface area contributed by atoms with Crippen LogP contribution in [0.5, 0.6) is 0 Å². The lowest BCUT2D eigenvalue weighted by Crippen LogP contribution is -2.61. The van der Waals surface area contributed by atoms with Crippen LogP contribution in [0.2, 0.25) is 0 Å². The number of nitrogens with one attached hydrogen (secondary N) is 2. The van der Waals surface area contributed by atoms with Crippen molar-refractivity contribution in [3.8, 4) is 17.2 Å². The highest BCUT2D eigenvalue weighted by atomic mass is 16.2. The smallest absolute Gasteiger partial charge is 0.239 e. The Balaban J connectivity index is 1.20. The Bertz CT molecular complexity index is 3370. The van der Waals surface area contributed by atoms with E-state index in [0.29, 0.717) is 29.9 Å². The number of nitrogens with zero attached hydrogens (tertiary/aromatic N) is 4. The van der Waals surface area contributed by atoms with Gasteiger partial charge in [0.25, 0.3) is 0 Å². The first kappa shape index (κ1) is 48.5. The third-order valence-electron chi connectivity index (χ3n) is 19.1. The predicted octanol–water partition coefficient (Wildman–Crippen LogP) is 15.1. The molecule has 0 radical (unpaired) electrons. The van der Waals surface area contributed by atoms with E-state index in [0.717, 1.165) is 86.4 Å². The largest absolute Gasteiger partial charge is 0.351 e. The number of amides is 1. The van der Waals surface area contributed by atoms with Crippen molar-refractivity contribution in [2.75, 3.05) is 11.4 Å². The van der Waals surface area contributed by atoms with Gasteiger partial charge in [0.1, 0.15) is 0 Å². The Labute approximate surface area is 463 Å². The maximum atomic E-state index is 18.9. The van der Waals surface area contributed by atoms with Crippen LogP contribution in [0.1, 0.15) is 106 Å². The molecule has 2 atom stereocenters. The molecule has 0 saturated heterocycles. The van der Waals surface area contributed by atoms with Crippen LogP contribution in [0.25, 0.3) is 11.1 Å². The van der Waals surface area contributed by atoms with Crippen LogP contribution in [-0.4, -0.2) is 32.4 Å². The lowest BCUT2D eigenvalue weighted by molar-refractivity contribution is -0.127. The van der Waals surface area contributed by atoms with Gasteiger partial charge in [0.05, 0.1) is 51.9 Å². The molecule has 2 N–H and O–H groups in total. The summed E-state index contributed by atoms with van der Waals surface area (Å²) in [6, 6.07) is 82.5. The number of aromatic amines is 2. The first-order valence-corrected chi connectivity index (χ1v) is 28.2. The molecule has 4 fully saturated rings. The molecular weight excluding hydrogens is 965 g/mol. The van der Waals surface area contributed by atoms with Crippen LogP contribution in [0, 0.1) is 34.5 Å². The van der Waals surface area contributed by atoms with Gasteiger partial charge >= 0.3 is 0 Å². The van der Waals surface area contributed by atoms with Crippen LogP contribution < -0.4 is 4.90 Å². The zero-order chi connectivity index (χ0) is 53.0. The van der Waals surface area contributed by atoms with Crippen molar-refractivity contribution in [3.63, 3.8) is 0 Å². The molecule has 3 heterocycles. The number of hydrogen-bond donors (Lipinski definition) is 2. The van der Waals surface area contributed by atoms with E-state index < -0.39 is 28.1 Å². The molecule has 4 bridgehead atoms. The van der Waals surface area contributed by atoms with E-state index in [4.69, 9.17) is 9.97 Å². The number of hydrogen-bond acceptors (Lipinski definition) is 4. The average molecular weight is 1030 g/mol. The Morgan fingerprint density at radius 3 is 1.22 bits per heavy atom. The Morgan fingerprint density at radius 2 is 0.873 bits per heavy atom. The van der Waals surface area contributed by atoms with Crippen molar-refractivity contribution in [1.29, 1.82) is 5.26 Å². The van der Waals surface area contributed by atoms with Gasteiger partial charge in [-0.2, -0.15) is 5.26 Å². The minimum absolute atomic E-state index is 0.0376. The minimum atomic E-state index is -1.56. The number of H-pyrrole nitrogens is 2. The standard InChI is InChI=1S/C72H62N6O/c73-44-50-31-33-54(34-32-50)55-35-36-62-65(40-55)78(47-69-41-51-37-52(42-69)39-53(38-51)43-69)68(79)72(62,66(63-45-74-48-76-63)70(56-19-7-1-8-20-56,57-21-9-2-10-22-57)58-23-11-3-12-24-58)67(64-46-75-49-77-64)71(59-25-13-4-14-26-59,60-27-15-5-16-28-60)61-29-17-6-18-30-61/h1-36,40,45-46,48-49,51-53,66-67H,37-39,41-43,47H2,(H,74,76)(H,75,77). The fourth-order valence-electron chi connectivity index (χ4n) is 16.8. The first-order chi connectivity index (χ1) is 39.0.